The van der Waals surface area contributed by atoms with Gasteiger partial charge in [0.1, 0.15) is 22.8 Å². The number of carbonyl (C=O) groups is 1. The van der Waals surface area contributed by atoms with Crippen LogP contribution in [0.3, 0.4) is 0 Å². The van der Waals surface area contributed by atoms with Gasteiger partial charge < -0.3 is 24.8 Å². The molecule has 0 saturated heterocycles. The number of rotatable bonds is 1. The van der Waals surface area contributed by atoms with E-state index in [1.54, 1.807) is 54.6 Å². The standard InChI is InChI=1S/C13H8O3.C7H5BrO2.C6H6O2/c14-8-5-6-10-9-3-1-2-4-11(9)13(15)16-12(10)7-8;8-6-4-2-1-3-5(6)7(9)10;7-5-2-1-3-6(8)4-5/h1-7,14H;1-4H,(H,9,10);1-4,7-8H. The normalized spacial score (nSPS) is 10.0. The molecule has 1 heterocycles. The molecule has 0 atom stereocenters. The number of halogens is 1. The van der Waals surface area contributed by atoms with Crippen LogP contribution in [0.25, 0.3) is 21.7 Å². The highest BCUT2D eigenvalue weighted by molar-refractivity contribution is 9.10. The summed E-state index contributed by atoms with van der Waals surface area (Å²) in [7, 11) is 0. The van der Waals surface area contributed by atoms with Crippen molar-refractivity contribution in [1.29, 1.82) is 0 Å². The van der Waals surface area contributed by atoms with Crippen LogP contribution in [0.2, 0.25) is 0 Å². The fraction of sp³-hybridized carbons (Fsp3) is 0. The Morgan fingerprint density at radius 2 is 1.26 bits per heavy atom. The molecule has 172 valence electrons. The predicted molar refractivity (Wildman–Crippen MR) is 133 cm³/mol. The summed E-state index contributed by atoms with van der Waals surface area (Å²) in [5, 5.41) is 37.4. The number of carboxylic acids is 1. The molecule has 0 bridgehead atoms. The summed E-state index contributed by atoms with van der Waals surface area (Å²) in [5.74, 6) is -0.645. The summed E-state index contributed by atoms with van der Waals surface area (Å²) in [6.45, 7) is 0. The molecule has 5 aromatic rings. The lowest BCUT2D eigenvalue weighted by molar-refractivity contribution is 0.0696. The summed E-state index contributed by atoms with van der Waals surface area (Å²) >= 11 is 3.12. The Bertz CT molecular complexity index is 1490. The number of carboxylic acid groups (broad SMARTS) is 1. The van der Waals surface area contributed by atoms with Gasteiger partial charge in [-0.1, -0.05) is 36.4 Å². The van der Waals surface area contributed by atoms with Crippen LogP contribution in [-0.2, 0) is 0 Å². The Morgan fingerprint density at radius 1 is 0.676 bits per heavy atom. The number of phenolic OH excluding ortho intramolecular Hbond substituents is 3. The van der Waals surface area contributed by atoms with Gasteiger partial charge >= 0.3 is 11.6 Å². The number of fused-ring (bicyclic) bond motifs is 3. The highest BCUT2D eigenvalue weighted by atomic mass is 79.9. The highest BCUT2D eigenvalue weighted by Gasteiger charge is 2.06. The van der Waals surface area contributed by atoms with Gasteiger partial charge in [-0.15, -0.1) is 0 Å². The van der Waals surface area contributed by atoms with Gasteiger partial charge in [0, 0.05) is 22.0 Å². The Hall–Kier alpha value is -4.30. The van der Waals surface area contributed by atoms with Crippen molar-refractivity contribution in [3.05, 3.63) is 111 Å². The molecule has 4 aromatic carbocycles. The van der Waals surface area contributed by atoms with Crippen LogP contribution in [0.1, 0.15) is 10.4 Å². The summed E-state index contributed by atoms with van der Waals surface area (Å²) in [6, 6.07) is 24.6. The minimum Gasteiger partial charge on any atom is -0.508 e. The third-order valence-corrected chi connectivity index (χ3v) is 5.23. The van der Waals surface area contributed by atoms with Crippen molar-refractivity contribution in [2.45, 2.75) is 0 Å². The van der Waals surface area contributed by atoms with E-state index in [1.165, 1.54) is 24.3 Å². The van der Waals surface area contributed by atoms with Crippen LogP contribution in [0, 0.1) is 0 Å². The molecule has 0 saturated carbocycles. The number of aromatic carboxylic acids is 1. The van der Waals surface area contributed by atoms with Crippen molar-refractivity contribution in [2.24, 2.45) is 0 Å². The van der Waals surface area contributed by atoms with Crippen LogP contribution in [0.5, 0.6) is 17.2 Å². The molecule has 0 amide bonds. The van der Waals surface area contributed by atoms with E-state index in [9.17, 15) is 14.7 Å². The van der Waals surface area contributed by atoms with Gasteiger partial charge in [0.15, 0.2) is 0 Å². The zero-order valence-electron chi connectivity index (χ0n) is 17.6. The van der Waals surface area contributed by atoms with E-state index in [4.69, 9.17) is 19.7 Å². The van der Waals surface area contributed by atoms with E-state index < -0.39 is 5.97 Å². The summed E-state index contributed by atoms with van der Waals surface area (Å²) in [6.07, 6.45) is 0. The van der Waals surface area contributed by atoms with Crippen molar-refractivity contribution >= 4 is 43.6 Å². The molecular formula is C26H19BrO7. The molecule has 0 unspecified atom stereocenters. The van der Waals surface area contributed by atoms with Crippen LogP contribution in [0.4, 0.5) is 0 Å². The summed E-state index contributed by atoms with van der Waals surface area (Å²) in [4.78, 5) is 22.0. The second kappa shape index (κ2) is 11.0. The zero-order valence-corrected chi connectivity index (χ0v) is 19.1. The second-order valence-corrected chi connectivity index (χ2v) is 7.77. The van der Waals surface area contributed by atoms with E-state index in [2.05, 4.69) is 15.9 Å². The van der Waals surface area contributed by atoms with E-state index in [0.717, 1.165) is 10.8 Å². The smallest absolute Gasteiger partial charge is 0.344 e. The Labute approximate surface area is 201 Å². The quantitative estimate of drug-likeness (QED) is 0.159. The molecule has 8 heteroatoms. The molecule has 0 spiro atoms. The molecule has 0 aliphatic rings. The first-order valence-electron chi connectivity index (χ1n) is 9.86. The van der Waals surface area contributed by atoms with Crippen molar-refractivity contribution in [1.82, 2.24) is 0 Å². The number of benzene rings is 4. The average Bonchev–Trinajstić information content (AvgIpc) is 2.80. The maximum absolute atomic E-state index is 11.7. The van der Waals surface area contributed by atoms with Gasteiger partial charge in [-0.3, -0.25) is 0 Å². The molecule has 0 aliphatic carbocycles. The number of hydrogen-bond acceptors (Lipinski definition) is 6. The Morgan fingerprint density at radius 3 is 1.82 bits per heavy atom. The Balaban J connectivity index is 0.000000155. The first-order chi connectivity index (χ1) is 16.3. The molecule has 0 radical (unpaired) electrons. The molecule has 34 heavy (non-hydrogen) atoms. The van der Waals surface area contributed by atoms with Crippen LogP contribution >= 0.6 is 15.9 Å². The second-order valence-electron chi connectivity index (χ2n) is 6.92. The highest BCUT2D eigenvalue weighted by Crippen LogP contribution is 2.25. The molecule has 0 aliphatic heterocycles. The maximum atomic E-state index is 11.7. The molecule has 1 aromatic heterocycles. The van der Waals surface area contributed by atoms with Crippen LogP contribution in [0.15, 0.2) is 105 Å². The molecule has 0 fully saturated rings. The maximum Gasteiger partial charge on any atom is 0.344 e. The largest absolute Gasteiger partial charge is 0.508 e. The SMILES string of the molecule is O=C(O)c1ccccc1Br.O=c1oc2cc(O)ccc2c2ccccc12.Oc1cccc(O)c1. The molecule has 4 N–H and O–H groups in total. The number of phenols is 3. The summed E-state index contributed by atoms with van der Waals surface area (Å²) < 4.78 is 5.75. The third-order valence-electron chi connectivity index (χ3n) is 4.54. The number of hydrogen-bond donors (Lipinski definition) is 4. The van der Waals surface area contributed by atoms with Gasteiger partial charge in [0.05, 0.1) is 10.9 Å². The Kier molecular flexibility index (Phi) is 7.89. The van der Waals surface area contributed by atoms with E-state index in [0.29, 0.717) is 21.0 Å². The average molecular weight is 523 g/mol. The first kappa shape index (κ1) is 24.3. The molecular weight excluding hydrogens is 504 g/mol. The lowest BCUT2D eigenvalue weighted by Crippen LogP contribution is -1.99. The predicted octanol–water partition coefficient (Wildman–Crippen LogP) is 5.90. The molecule has 7 nitrogen and oxygen atoms in total. The third kappa shape index (κ3) is 6.14. The lowest BCUT2D eigenvalue weighted by Gasteiger charge is -2.01. The van der Waals surface area contributed by atoms with Crippen LogP contribution < -0.4 is 5.63 Å². The fourth-order valence-electron chi connectivity index (χ4n) is 3.00. The fourth-order valence-corrected chi connectivity index (χ4v) is 3.45. The van der Waals surface area contributed by atoms with Crippen molar-refractivity contribution < 1.29 is 29.6 Å². The van der Waals surface area contributed by atoms with E-state index in [-0.39, 0.29) is 22.9 Å². The first-order valence-corrected chi connectivity index (χ1v) is 10.7. The minimum atomic E-state index is -0.910. The van der Waals surface area contributed by atoms with Gasteiger partial charge in [-0.05, 0) is 63.8 Å². The number of aromatic hydroxyl groups is 3. The van der Waals surface area contributed by atoms with Gasteiger partial charge in [0.25, 0.3) is 0 Å². The lowest BCUT2D eigenvalue weighted by atomic mass is 10.1. The van der Waals surface area contributed by atoms with Gasteiger partial charge in [0.2, 0.25) is 0 Å². The minimum absolute atomic E-state index is 0.0880. The monoisotopic (exact) mass is 522 g/mol. The van der Waals surface area contributed by atoms with Crippen molar-refractivity contribution in [3.8, 4) is 17.2 Å². The van der Waals surface area contributed by atoms with Crippen molar-refractivity contribution in [2.75, 3.05) is 0 Å². The topological polar surface area (TPSA) is 128 Å². The van der Waals surface area contributed by atoms with Gasteiger partial charge in [-0.2, -0.15) is 0 Å². The molecule has 5 rings (SSSR count). The van der Waals surface area contributed by atoms with E-state index in [1.807, 2.05) is 12.1 Å². The van der Waals surface area contributed by atoms with Gasteiger partial charge in [-0.25, -0.2) is 9.59 Å². The zero-order chi connectivity index (χ0) is 24.7. The van der Waals surface area contributed by atoms with Crippen molar-refractivity contribution in [3.63, 3.8) is 0 Å². The van der Waals surface area contributed by atoms with E-state index >= 15 is 0 Å². The summed E-state index contributed by atoms with van der Waals surface area (Å²) in [5.41, 5.74) is 0.319. The van der Waals surface area contributed by atoms with Crippen LogP contribution in [-0.4, -0.2) is 26.4 Å².